The number of piperazine rings is 2. The molecule has 2 aliphatic rings. The van der Waals surface area contributed by atoms with Gasteiger partial charge in [-0.05, 0) is 38.5 Å². The summed E-state index contributed by atoms with van der Waals surface area (Å²) in [6.45, 7) is 9.30. The summed E-state index contributed by atoms with van der Waals surface area (Å²) < 4.78 is 19.7. The Labute approximate surface area is 345 Å². The molecule has 21 nitrogen and oxygen atoms in total. The Morgan fingerprint density at radius 2 is 1.14 bits per heavy atom. The Kier molecular flexibility index (Phi) is 20.3. The molecular weight excluding hydrogens is 772 g/mol. The van der Waals surface area contributed by atoms with Gasteiger partial charge in [0, 0.05) is 71.3 Å². The Morgan fingerprint density at radius 1 is 0.672 bits per heavy atom. The lowest BCUT2D eigenvalue weighted by atomic mass is 10.2. The summed E-state index contributed by atoms with van der Waals surface area (Å²) in [5.41, 5.74) is 9.55. The zero-order valence-electron chi connectivity index (χ0n) is 33.6. The molecule has 5 rings (SSSR count). The highest BCUT2D eigenvalue weighted by atomic mass is 35.5. The van der Waals surface area contributed by atoms with Crippen molar-refractivity contribution in [2.24, 2.45) is 0 Å². The van der Waals surface area contributed by atoms with Gasteiger partial charge < -0.3 is 63.0 Å². The topological polar surface area (TPSA) is 242 Å². The van der Waals surface area contributed by atoms with Crippen LogP contribution in [0, 0.1) is 12.3 Å². The van der Waals surface area contributed by atoms with Gasteiger partial charge >= 0.3 is 0 Å². The Balaban J connectivity index is 0.00000744. The SMILES string of the molecule is C#CCOCCOCCOCCNc1nc(N2CCN(C(=O)Cn3cc(CCCC[NH3+])nn3)CC2)nc(N2CCN(C(=O)Cn3cc(CCCC[NH3+])nn3)CC2)n1.[Cl-]. The third-order valence-electron chi connectivity index (χ3n) is 9.53. The zero-order valence-corrected chi connectivity index (χ0v) is 34.3. The minimum Gasteiger partial charge on any atom is -1.00 e. The van der Waals surface area contributed by atoms with Crippen molar-refractivity contribution < 1.29 is 47.7 Å². The molecule has 0 unspecified atom stereocenters. The Morgan fingerprint density at radius 3 is 1.60 bits per heavy atom. The number of anilines is 3. The predicted molar refractivity (Wildman–Crippen MR) is 209 cm³/mol. The molecule has 2 fully saturated rings. The highest BCUT2D eigenvalue weighted by molar-refractivity contribution is 5.76. The molecule has 0 atom stereocenters. The van der Waals surface area contributed by atoms with E-state index in [4.69, 9.17) is 35.6 Å². The molecular formula is C36H60ClN16O5+. The number of halogens is 1. The number of amides is 2. The van der Waals surface area contributed by atoms with Gasteiger partial charge in [-0.2, -0.15) is 15.0 Å². The molecule has 2 aliphatic heterocycles. The number of nitrogens with one attached hydrogen (secondary N) is 1. The minimum absolute atomic E-state index is 0. The van der Waals surface area contributed by atoms with Gasteiger partial charge in [-0.1, -0.05) is 16.3 Å². The molecule has 0 saturated carbocycles. The summed E-state index contributed by atoms with van der Waals surface area (Å²) in [4.78, 5) is 48.6. The number of carbonyl (C=O) groups excluding carboxylic acids is 2. The molecule has 320 valence electrons. The summed E-state index contributed by atoms with van der Waals surface area (Å²) in [5, 5.41) is 20.1. The lowest BCUT2D eigenvalue weighted by Crippen LogP contribution is -3.00. The smallest absolute Gasteiger partial charge is 0.244 e. The van der Waals surface area contributed by atoms with Crippen molar-refractivity contribution in [2.75, 3.05) is 127 Å². The van der Waals surface area contributed by atoms with Crippen LogP contribution in [-0.2, 0) is 49.7 Å². The van der Waals surface area contributed by atoms with Crippen LogP contribution in [0.3, 0.4) is 0 Å². The molecule has 0 radical (unpaired) electrons. The van der Waals surface area contributed by atoms with E-state index in [9.17, 15) is 9.59 Å². The molecule has 22 heteroatoms. The van der Waals surface area contributed by atoms with Crippen molar-refractivity contribution in [3.05, 3.63) is 23.8 Å². The maximum absolute atomic E-state index is 13.2. The lowest BCUT2D eigenvalue weighted by Gasteiger charge is -2.36. The second kappa shape index (κ2) is 25.6. The third-order valence-corrected chi connectivity index (χ3v) is 9.53. The van der Waals surface area contributed by atoms with Crippen molar-refractivity contribution in [1.82, 2.24) is 54.7 Å². The molecule has 58 heavy (non-hydrogen) atoms. The van der Waals surface area contributed by atoms with Crippen LogP contribution in [0.25, 0.3) is 0 Å². The molecule has 3 aromatic heterocycles. The van der Waals surface area contributed by atoms with Crippen LogP contribution in [0.15, 0.2) is 12.4 Å². The average Bonchev–Trinajstić information content (AvgIpc) is 3.89. The number of aryl methyl sites for hydroxylation is 2. The molecule has 2 amide bonds. The van der Waals surface area contributed by atoms with Crippen molar-refractivity contribution in [1.29, 1.82) is 0 Å². The van der Waals surface area contributed by atoms with Gasteiger partial charge in [0.15, 0.2) is 0 Å². The number of ether oxygens (including phenoxy) is 3. The van der Waals surface area contributed by atoms with Gasteiger partial charge in [0.25, 0.3) is 0 Å². The van der Waals surface area contributed by atoms with E-state index in [0.29, 0.717) is 110 Å². The van der Waals surface area contributed by atoms with E-state index in [0.717, 1.165) is 63.0 Å². The van der Waals surface area contributed by atoms with Crippen molar-refractivity contribution in [3.8, 4) is 12.3 Å². The summed E-state index contributed by atoms with van der Waals surface area (Å²) in [6, 6.07) is 0. The second-order valence-electron chi connectivity index (χ2n) is 13.8. The van der Waals surface area contributed by atoms with Gasteiger partial charge in [-0.15, -0.1) is 16.6 Å². The molecule has 3 aromatic rings. The molecule has 0 aliphatic carbocycles. The zero-order chi connectivity index (χ0) is 40.1. The van der Waals surface area contributed by atoms with Crippen LogP contribution in [-0.4, -0.2) is 178 Å². The minimum atomic E-state index is -0.00778. The quantitative estimate of drug-likeness (QED) is 0.0532. The Hall–Kier alpha value is -4.72. The fraction of sp³-hybridized carbons (Fsp3) is 0.694. The number of unbranched alkanes of at least 4 members (excludes halogenated alkanes) is 2. The van der Waals surface area contributed by atoms with Crippen molar-refractivity contribution >= 4 is 29.7 Å². The average molecular weight is 832 g/mol. The number of hydrogen-bond donors (Lipinski definition) is 3. The normalized spacial score (nSPS) is 14.4. The molecule has 0 aromatic carbocycles. The van der Waals surface area contributed by atoms with E-state index in [1.165, 1.54) is 0 Å². The Bertz CT molecular complexity index is 1590. The summed E-state index contributed by atoms with van der Waals surface area (Å²) in [6.07, 6.45) is 14.6. The van der Waals surface area contributed by atoms with Gasteiger partial charge in [0.05, 0.1) is 57.5 Å². The van der Waals surface area contributed by atoms with Crippen LogP contribution in [0.5, 0.6) is 0 Å². The van der Waals surface area contributed by atoms with E-state index in [2.05, 4.69) is 53.1 Å². The highest BCUT2D eigenvalue weighted by Crippen LogP contribution is 2.20. The van der Waals surface area contributed by atoms with Gasteiger partial charge in [-0.25, -0.2) is 9.36 Å². The van der Waals surface area contributed by atoms with Crippen LogP contribution in [0.1, 0.15) is 37.1 Å². The number of rotatable bonds is 25. The number of terminal acetylenes is 1. The summed E-state index contributed by atoms with van der Waals surface area (Å²) in [7, 11) is 0. The van der Waals surface area contributed by atoms with Gasteiger partial charge in [0.1, 0.15) is 19.7 Å². The van der Waals surface area contributed by atoms with Gasteiger partial charge in [0.2, 0.25) is 29.7 Å². The van der Waals surface area contributed by atoms with Crippen molar-refractivity contribution in [2.45, 2.75) is 51.6 Å². The summed E-state index contributed by atoms with van der Waals surface area (Å²) >= 11 is 0. The molecule has 7 N–H and O–H groups in total. The number of quaternary nitrogens is 2. The first kappa shape index (κ1) is 46.0. The second-order valence-corrected chi connectivity index (χ2v) is 13.8. The number of nitrogens with zero attached hydrogens (tertiary/aromatic N) is 13. The first-order valence-electron chi connectivity index (χ1n) is 20.0. The fourth-order valence-electron chi connectivity index (χ4n) is 6.34. The fourth-order valence-corrected chi connectivity index (χ4v) is 6.34. The van der Waals surface area contributed by atoms with E-state index >= 15 is 0 Å². The van der Waals surface area contributed by atoms with E-state index in [1.54, 1.807) is 9.36 Å². The third kappa shape index (κ3) is 15.2. The first-order chi connectivity index (χ1) is 27.9. The largest absolute Gasteiger partial charge is 1.00 e. The molecule has 2 saturated heterocycles. The number of hydrogen-bond acceptors (Lipinski definition) is 15. The maximum atomic E-state index is 13.2. The lowest BCUT2D eigenvalue weighted by molar-refractivity contribution is -0.368. The van der Waals surface area contributed by atoms with E-state index < -0.39 is 0 Å². The molecule has 0 spiro atoms. The van der Waals surface area contributed by atoms with Crippen molar-refractivity contribution in [3.63, 3.8) is 0 Å². The maximum Gasteiger partial charge on any atom is 0.244 e. The summed E-state index contributed by atoms with van der Waals surface area (Å²) in [5.74, 6) is 3.87. The number of aromatic nitrogens is 9. The van der Waals surface area contributed by atoms with E-state index in [-0.39, 0.29) is 43.9 Å². The molecule has 5 heterocycles. The van der Waals surface area contributed by atoms with Crippen LogP contribution in [0.4, 0.5) is 17.8 Å². The van der Waals surface area contributed by atoms with Crippen LogP contribution in [0.2, 0.25) is 0 Å². The monoisotopic (exact) mass is 831 g/mol. The number of carbonyl (C=O) groups is 2. The predicted octanol–water partition coefficient (Wildman–Crippen LogP) is -6.02. The van der Waals surface area contributed by atoms with E-state index in [1.807, 2.05) is 22.2 Å². The van der Waals surface area contributed by atoms with Crippen LogP contribution >= 0.6 is 0 Å². The standard InChI is InChI=1S/C36H58N16O5.ClH/c1-2-20-55-22-24-57-25-23-56-21-11-39-34-40-35(49-16-12-47(13-17-49)32(53)28-51-26-30(43-45-51)7-3-5-9-37)42-36(41-34)50-18-14-48(15-19-50)33(54)29-52-27-31(44-46-52)8-4-6-10-38;/h1,26-27H,3-25,28-29,37-38H2,(H,39,40,41,42);1H/p+1. The van der Waals surface area contributed by atoms with Gasteiger partial charge in [-0.3, -0.25) is 9.59 Å². The highest BCUT2D eigenvalue weighted by Gasteiger charge is 2.27. The van der Waals surface area contributed by atoms with Crippen LogP contribution < -0.4 is 39.0 Å². The first-order valence-corrected chi connectivity index (χ1v) is 20.0. The molecule has 0 bridgehead atoms.